The van der Waals surface area contributed by atoms with Gasteiger partial charge in [0, 0.05) is 17.4 Å². The fraction of sp³-hybridized carbons (Fsp3) is 0.667. The molecule has 2 rings (SSSR count). The molecule has 1 saturated heterocycles. The fourth-order valence-electron chi connectivity index (χ4n) is 2.21. The Morgan fingerprint density at radius 3 is 3.13 bits per heavy atom. The maximum Gasteiger partial charge on any atom is 0.0600 e. The third-order valence-electron chi connectivity index (χ3n) is 3.20. The smallest absolute Gasteiger partial charge is 0.0600 e. The van der Waals surface area contributed by atoms with Gasteiger partial charge in [-0.05, 0) is 37.6 Å². The maximum absolute atomic E-state index is 10.0. The molecule has 0 spiro atoms. The summed E-state index contributed by atoms with van der Waals surface area (Å²) in [7, 11) is 0. The van der Waals surface area contributed by atoms with Gasteiger partial charge in [-0.3, -0.25) is 0 Å². The first-order chi connectivity index (χ1) is 7.27. The van der Waals surface area contributed by atoms with Crippen molar-refractivity contribution in [2.24, 2.45) is 5.92 Å². The van der Waals surface area contributed by atoms with Gasteiger partial charge in [0.1, 0.15) is 0 Å². The SMILES string of the molecule is CC1OCCC1C(O)CCc1cccs1. The number of aliphatic hydroxyl groups excluding tert-OH is 1. The highest BCUT2D eigenvalue weighted by Crippen LogP contribution is 2.26. The number of rotatable bonds is 4. The van der Waals surface area contributed by atoms with Gasteiger partial charge in [0.15, 0.2) is 0 Å². The van der Waals surface area contributed by atoms with Gasteiger partial charge in [-0.1, -0.05) is 6.07 Å². The fourth-order valence-corrected chi connectivity index (χ4v) is 2.94. The van der Waals surface area contributed by atoms with Gasteiger partial charge in [-0.15, -0.1) is 11.3 Å². The molecule has 0 aliphatic carbocycles. The molecule has 1 fully saturated rings. The van der Waals surface area contributed by atoms with E-state index in [1.54, 1.807) is 11.3 Å². The zero-order valence-corrected chi connectivity index (χ0v) is 9.87. The molecule has 15 heavy (non-hydrogen) atoms. The molecule has 0 amide bonds. The molecule has 2 heterocycles. The van der Waals surface area contributed by atoms with E-state index in [2.05, 4.69) is 24.4 Å². The molecule has 0 saturated carbocycles. The van der Waals surface area contributed by atoms with Gasteiger partial charge >= 0.3 is 0 Å². The summed E-state index contributed by atoms with van der Waals surface area (Å²) in [5.74, 6) is 0.338. The summed E-state index contributed by atoms with van der Waals surface area (Å²) in [6.45, 7) is 2.87. The van der Waals surface area contributed by atoms with E-state index in [9.17, 15) is 5.11 Å². The highest BCUT2D eigenvalue weighted by Gasteiger charge is 2.30. The largest absolute Gasteiger partial charge is 0.393 e. The van der Waals surface area contributed by atoms with Crippen LogP contribution in [-0.4, -0.2) is 23.9 Å². The van der Waals surface area contributed by atoms with E-state index in [0.717, 1.165) is 25.9 Å². The van der Waals surface area contributed by atoms with E-state index in [1.165, 1.54) is 4.88 Å². The van der Waals surface area contributed by atoms with E-state index < -0.39 is 0 Å². The molecule has 1 N–H and O–H groups in total. The summed E-state index contributed by atoms with van der Waals surface area (Å²) in [5, 5.41) is 12.1. The first kappa shape index (κ1) is 11.1. The minimum Gasteiger partial charge on any atom is -0.393 e. The third kappa shape index (κ3) is 2.80. The molecule has 3 heteroatoms. The van der Waals surface area contributed by atoms with Crippen LogP contribution < -0.4 is 0 Å². The molecule has 0 bridgehead atoms. The molecule has 1 aliphatic heterocycles. The monoisotopic (exact) mass is 226 g/mol. The van der Waals surface area contributed by atoms with Crippen molar-refractivity contribution in [1.29, 1.82) is 0 Å². The van der Waals surface area contributed by atoms with E-state index in [0.29, 0.717) is 5.92 Å². The van der Waals surface area contributed by atoms with Gasteiger partial charge in [-0.25, -0.2) is 0 Å². The van der Waals surface area contributed by atoms with Crippen LogP contribution >= 0.6 is 11.3 Å². The highest BCUT2D eigenvalue weighted by atomic mass is 32.1. The maximum atomic E-state index is 10.0. The number of thiophene rings is 1. The Labute approximate surface area is 94.9 Å². The van der Waals surface area contributed by atoms with Gasteiger partial charge in [0.25, 0.3) is 0 Å². The standard InChI is InChI=1S/C12H18O2S/c1-9-11(6-7-14-9)12(13)5-4-10-3-2-8-15-10/h2-3,8-9,11-13H,4-7H2,1H3. The third-order valence-corrected chi connectivity index (χ3v) is 4.13. The first-order valence-corrected chi connectivity index (χ1v) is 6.47. The predicted octanol–water partition coefficient (Wildman–Crippen LogP) is 2.47. The predicted molar refractivity (Wildman–Crippen MR) is 62.2 cm³/mol. The Bertz CT molecular complexity index is 284. The van der Waals surface area contributed by atoms with E-state index in [1.807, 2.05) is 0 Å². The Morgan fingerprint density at radius 2 is 2.53 bits per heavy atom. The van der Waals surface area contributed by atoms with Crippen LogP contribution in [0.15, 0.2) is 17.5 Å². The van der Waals surface area contributed by atoms with Crippen molar-refractivity contribution >= 4 is 11.3 Å². The number of aryl methyl sites for hydroxylation is 1. The summed E-state index contributed by atoms with van der Waals surface area (Å²) >= 11 is 1.77. The van der Waals surface area contributed by atoms with Crippen molar-refractivity contribution < 1.29 is 9.84 Å². The summed E-state index contributed by atoms with van der Waals surface area (Å²) in [6.07, 6.45) is 2.88. The Kier molecular flexibility index (Phi) is 3.78. The molecule has 1 aromatic heterocycles. The highest BCUT2D eigenvalue weighted by molar-refractivity contribution is 7.09. The minimum absolute atomic E-state index is 0.204. The number of hydrogen-bond donors (Lipinski definition) is 1. The average molecular weight is 226 g/mol. The summed E-state index contributed by atoms with van der Waals surface area (Å²) in [5.41, 5.74) is 0. The van der Waals surface area contributed by atoms with Gasteiger partial charge < -0.3 is 9.84 Å². The second-order valence-electron chi connectivity index (χ2n) is 4.21. The summed E-state index contributed by atoms with van der Waals surface area (Å²) in [6, 6.07) is 4.19. The molecule has 3 unspecified atom stereocenters. The van der Waals surface area contributed by atoms with Crippen molar-refractivity contribution in [3.8, 4) is 0 Å². The molecule has 1 aliphatic rings. The second kappa shape index (κ2) is 5.10. The first-order valence-electron chi connectivity index (χ1n) is 5.59. The van der Waals surface area contributed by atoms with Crippen LogP contribution in [0.3, 0.4) is 0 Å². The van der Waals surface area contributed by atoms with E-state index >= 15 is 0 Å². The molecule has 84 valence electrons. The Hall–Kier alpha value is -0.380. The zero-order valence-electron chi connectivity index (χ0n) is 9.06. The van der Waals surface area contributed by atoms with Crippen LogP contribution in [0.1, 0.15) is 24.6 Å². The zero-order chi connectivity index (χ0) is 10.7. The lowest BCUT2D eigenvalue weighted by Crippen LogP contribution is -2.26. The topological polar surface area (TPSA) is 29.5 Å². The van der Waals surface area contributed by atoms with Gasteiger partial charge in [0.2, 0.25) is 0 Å². The van der Waals surface area contributed by atoms with E-state index in [4.69, 9.17) is 4.74 Å². The van der Waals surface area contributed by atoms with Crippen molar-refractivity contribution in [3.63, 3.8) is 0 Å². The van der Waals surface area contributed by atoms with Crippen molar-refractivity contribution in [2.45, 2.75) is 38.4 Å². The number of ether oxygens (including phenoxy) is 1. The summed E-state index contributed by atoms with van der Waals surface area (Å²) in [4.78, 5) is 1.36. The number of aliphatic hydroxyl groups is 1. The summed E-state index contributed by atoms with van der Waals surface area (Å²) < 4.78 is 5.47. The minimum atomic E-state index is -0.204. The lowest BCUT2D eigenvalue weighted by molar-refractivity contribution is 0.0399. The Balaban J connectivity index is 1.79. The van der Waals surface area contributed by atoms with Crippen LogP contribution in [0.5, 0.6) is 0 Å². The molecule has 1 aromatic rings. The van der Waals surface area contributed by atoms with E-state index in [-0.39, 0.29) is 12.2 Å². The molecular weight excluding hydrogens is 208 g/mol. The lowest BCUT2D eigenvalue weighted by atomic mass is 9.92. The quantitative estimate of drug-likeness (QED) is 0.854. The molecule has 0 radical (unpaired) electrons. The van der Waals surface area contributed by atoms with Crippen LogP contribution in [0.2, 0.25) is 0 Å². The lowest BCUT2D eigenvalue weighted by Gasteiger charge is -2.20. The van der Waals surface area contributed by atoms with Crippen molar-refractivity contribution in [1.82, 2.24) is 0 Å². The number of hydrogen-bond acceptors (Lipinski definition) is 3. The second-order valence-corrected chi connectivity index (χ2v) is 5.25. The van der Waals surface area contributed by atoms with Crippen LogP contribution in [0.4, 0.5) is 0 Å². The Morgan fingerprint density at radius 1 is 1.67 bits per heavy atom. The van der Waals surface area contributed by atoms with Gasteiger partial charge in [-0.2, -0.15) is 0 Å². The molecule has 2 nitrogen and oxygen atoms in total. The van der Waals surface area contributed by atoms with Gasteiger partial charge in [0.05, 0.1) is 12.2 Å². The normalized spacial score (nSPS) is 28.1. The average Bonchev–Trinajstić information content (AvgIpc) is 2.84. The molecule has 0 aromatic carbocycles. The van der Waals surface area contributed by atoms with Crippen molar-refractivity contribution in [2.75, 3.05) is 6.61 Å². The molecular formula is C12H18O2S. The van der Waals surface area contributed by atoms with Crippen LogP contribution in [0, 0.1) is 5.92 Å². The molecule has 3 atom stereocenters. The van der Waals surface area contributed by atoms with Crippen molar-refractivity contribution in [3.05, 3.63) is 22.4 Å². The van der Waals surface area contributed by atoms with Crippen LogP contribution in [0.25, 0.3) is 0 Å². The van der Waals surface area contributed by atoms with Crippen LogP contribution in [-0.2, 0) is 11.2 Å².